The van der Waals surface area contributed by atoms with E-state index < -0.39 is 0 Å². The van der Waals surface area contributed by atoms with E-state index in [-0.39, 0.29) is 0 Å². The normalized spacial score (nSPS) is 17.5. The Morgan fingerprint density at radius 2 is 2.12 bits per heavy atom. The third kappa shape index (κ3) is 8.01. The maximum Gasteiger partial charge on any atom is 0.191 e. The fraction of sp³-hybridized carbons (Fsp3) is 0.632. The van der Waals surface area contributed by atoms with Gasteiger partial charge in [-0.05, 0) is 49.6 Å². The highest BCUT2D eigenvalue weighted by Gasteiger charge is 2.15. The molecule has 2 N–H and O–H groups in total. The number of aliphatic imine (C=N–C) groups is 1. The molecule has 0 saturated carbocycles. The number of guanidine groups is 1. The van der Waals surface area contributed by atoms with Gasteiger partial charge >= 0.3 is 0 Å². The molecule has 140 valence electrons. The van der Waals surface area contributed by atoms with Gasteiger partial charge in [-0.2, -0.15) is 11.8 Å². The molecule has 0 spiro atoms. The van der Waals surface area contributed by atoms with Crippen LogP contribution < -0.4 is 15.4 Å². The first kappa shape index (κ1) is 19.9. The van der Waals surface area contributed by atoms with Crippen molar-refractivity contribution in [3.8, 4) is 5.75 Å². The zero-order valence-corrected chi connectivity index (χ0v) is 16.2. The average Bonchev–Trinajstić information content (AvgIpc) is 3.17. The standard InChI is InChI=1S/C19H31N3O2S/c1-3-24-12-5-11-20-19(22-15-18-6-4-13-25-18)21-14-16-7-9-17(23-2)10-8-16/h7-10,18H,3-6,11-15H2,1-2H3,(H2,20,21,22). The summed E-state index contributed by atoms with van der Waals surface area (Å²) in [6.45, 7) is 6.08. The highest BCUT2D eigenvalue weighted by molar-refractivity contribution is 8.00. The Hall–Kier alpha value is -1.40. The maximum absolute atomic E-state index is 5.39. The van der Waals surface area contributed by atoms with Crippen LogP contribution in [0.2, 0.25) is 0 Å². The minimum absolute atomic E-state index is 0.655. The molecule has 0 aromatic heterocycles. The monoisotopic (exact) mass is 365 g/mol. The number of rotatable bonds is 10. The minimum atomic E-state index is 0.655. The fourth-order valence-corrected chi connectivity index (χ4v) is 3.82. The van der Waals surface area contributed by atoms with Crippen LogP contribution in [0.5, 0.6) is 5.75 Å². The Labute approximate surface area is 156 Å². The SMILES string of the molecule is CCOCCCNC(=NCc1ccc(OC)cc1)NCC1CCCS1. The molecule has 2 rings (SSSR count). The van der Waals surface area contributed by atoms with E-state index in [1.165, 1.54) is 24.2 Å². The molecule has 1 aliphatic rings. The molecule has 1 aliphatic heterocycles. The summed E-state index contributed by atoms with van der Waals surface area (Å²) >= 11 is 2.06. The van der Waals surface area contributed by atoms with Crippen LogP contribution >= 0.6 is 11.8 Å². The summed E-state index contributed by atoms with van der Waals surface area (Å²) < 4.78 is 10.6. The highest BCUT2D eigenvalue weighted by atomic mass is 32.2. The van der Waals surface area contributed by atoms with Crippen molar-refractivity contribution < 1.29 is 9.47 Å². The van der Waals surface area contributed by atoms with Crippen LogP contribution in [0.3, 0.4) is 0 Å². The molecule has 1 atom stereocenters. The van der Waals surface area contributed by atoms with Crippen molar-refractivity contribution in [3.05, 3.63) is 29.8 Å². The molecule has 6 heteroatoms. The van der Waals surface area contributed by atoms with Gasteiger partial charge < -0.3 is 20.1 Å². The molecule has 5 nitrogen and oxygen atoms in total. The number of hydrogen-bond donors (Lipinski definition) is 2. The number of benzene rings is 1. The lowest BCUT2D eigenvalue weighted by molar-refractivity contribution is 0.145. The quantitative estimate of drug-likeness (QED) is 0.379. The molecule has 1 aromatic carbocycles. The number of nitrogens with zero attached hydrogens (tertiary/aromatic N) is 1. The molecule has 25 heavy (non-hydrogen) atoms. The summed E-state index contributed by atoms with van der Waals surface area (Å²) in [4.78, 5) is 4.73. The van der Waals surface area contributed by atoms with Crippen LogP contribution in [0.1, 0.15) is 31.7 Å². The van der Waals surface area contributed by atoms with Gasteiger partial charge in [0.15, 0.2) is 5.96 Å². The van der Waals surface area contributed by atoms with Crippen molar-refractivity contribution in [3.63, 3.8) is 0 Å². The predicted octanol–water partition coefficient (Wildman–Crippen LogP) is 3.05. The zero-order chi connectivity index (χ0) is 17.7. The van der Waals surface area contributed by atoms with Crippen LogP contribution in [-0.4, -0.2) is 50.4 Å². The third-order valence-corrected chi connectivity index (χ3v) is 5.46. The van der Waals surface area contributed by atoms with E-state index in [2.05, 4.69) is 34.5 Å². The van der Waals surface area contributed by atoms with Crippen LogP contribution in [0.15, 0.2) is 29.3 Å². The molecule has 1 heterocycles. The van der Waals surface area contributed by atoms with E-state index in [0.717, 1.165) is 44.4 Å². The van der Waals surface area contributed by atoms with Crippen LogP contribution in [0.4, 0.5) is 0 Å². The first-order valence-corrected chi connectivity index (χ1v) is 10.2. The van der Waals surface area contributed by atoms with Crippen molar-refractivity contribution in [1.82, 2.24) is 10.6 Å². The first-order chi connectivity index (χ1) is 12.3. The second-order valence-electron chi connectivity index (χ2n) is 6.01. The third-order valence-electron chi connectivity index (χ3n) is 4.06. The largest absolute Gasteiger partial charge is 0.497 e. The first-order valence-electron chi connectivity index (χ1n) is 9.16. The van der Waals surface area contributed by atoms with Gasteiger partial charge in [-0.25, -0.2) is 4.99 Å². The summed E-state index contributed by atoms with van der Waals surface area (Å²) in [5, 5.41) is 7.62. The molecule has 0 amide bonds. The van der Waals surface area contributed by atoms with E-state index in [0.29, 0.717) is 11.8 Å². The predicted molar refractivity (Wildman–Crippen MR) is 107 cm³/mol. The van der Waals surface area contributed by atoms with Gasteiger partial charge in [0, 0.05) is 31.6 Å². The van der Waals surface area contributed by atoms with Crippen molar-refractivity contribution in [2.24, 2.45) is 4.99 Å². The molecule has 1 fully saturated rings. The molecule has 0 aliphatic carbocycles. The summed E-state index contributed by atoms with van der Waals surface area (Å²) in [7, 11) is 1.68. The van der Waals surface area contributed by atoms with Crippen molar-refractivity contribution in [2.45, 2.75) is 38.0 Å². The van der Waals surface area contributed by atoms with E-state index >= 15 is 0 Å². The molecule has 1 aromatic rings. The topological polar surface area (TPSA) is 54.9 Å². The molecular weight excluding hydrogens is 334 g/mol. The summed E-state index contributed by atoms with van der Waals surface area (Å²) in [5.41, 5.74) is 1.17. The van der Waals surface area contributed by atoms with Crippen LogP contribution in [0.25, 0.3) is 0 Å². The molecule has 1 saturated heterocycles. The maximum atomic E-state index is 5.39. The van der Waals surface area contributed by atoms with Gasteiger partial charge in [0.05, 0.1) is 13.7 Å². The van der Waals surface area contributed by atoms with Gasteiger partial charge in [0.2, 0.25) is 0 Å². The number of methoxy groups -OCH3 is 1. The van der Waals surface area contributed by atoms with E-state index in [1.54, 1.807) is 7.11 Å². The molecule has 0 radical (unpaired) electrons. The lowest BCUT2D eigenvalue weighted by Gasteiger charge is -2.15. The zero-order valence-electron chi connectivity index (χ0n) is 15.4. The number of hydrogen-bond acceptors (Lipinski definition) is 4. The van der Waals surface area contributed by atoms with Gasteiger partial charge in [0.25, 0.3) is 0 Å². The van der Waals surface area contributed by atoms with Crippen LogP contribution in [0, 0.1) is 0 Å². The second kappa shape index (κ2) is 12.0. The summed E-state index contributed by atoms with van der Waals surface area (Å²) in [6, 6.07) is 8.06. The number of ether oxygens (including phenoxy) is 2. The van der Waals surface area contributed by atoms with Gasteiger partial charge in [-0.15, -0.1) is 0 Å². The molecular formula is C19H31N3O2S. The second-order valence-corrected chi connectivity index (χ2v) is 7.41. The fourth-order valence-electron chi connectivity index (χ4n) is 2.62. The number of thioether (sulfide) groups is 1. The Kier molecular flexibility index (Phi) is 9.59. The summed E-state index contributed by atoms with van der Waals surface area (Å²) in [5.74, 6) is 3.05. The highest BCUT2D eigenvalue weighted by Crippen LogP contribution is 2.25. The van der Waals surface area contributed by atoms with Gasteiger partial charge in [-0.1, -0.05) is 12.1 Å². The van der Waals surface area contributed by atoms with E-state index in [4.69, 9.17) is 14.5 Å². The van der Waals surface area contributed by atoms with Crippen LogP contribution in [-0.2, 0) is 11.3 Å². The Balaban J connectivity index is 1.83. The molecule has 0 bridgehead atoms. The minimum Gasteiger partial charge on any atom is -0.497 e. The van der Waals surface area contributed by atoms with Crippen molar-refractivity contribution in [2.75, 3.05) is 39.2 Å². The van der Waals surface area contributed by atoms with E-state index in [1.807, 2.05) is 19.1 Å². The Morgan fingerprint density at radius 3 is 2.80 bits per heavy atom. The van der Waals surface area contributed by atoms with Crippen molar-refractivity contribution in [1.29, 1.82) is 0 Å². The average molecular weight is 366 g/mol. The van der Waals surface area contributed by atoms with Gasteiger partial charge in [-0.3, -0.25) is 0 Å². The lowest BCUT2D eigenvalue weighted by atomic mass is 10.2. The lowest BCUT2D eigenvalue weighted by Crippen LogP contribution is -2.40. The van der Waals surface area contributed by atoms with Gasteiger partial charge in [0.1, 0.15) is 5.75 Å². The van der Waals surface area contributed by atoms with Crippen molar-refractivity contribution >= 4 is 17.7 Å². The molecule has 1 unspecified atom stereocenters. The van der Waals surface area contributed by atoms with E-state index in [9.17, 15) is 0 Å². The Bertz CT molecular complexity index is 502. The Morgan fingerprint density at radius 1 is 1.28 bits per heavy atom. The smallest absolute Gasteiger partial charge is 0.191 e. The summed E-state index contributed by atoms with van der Waals surface area (Å²) in [6.07, 6.45) is 3.61. The number of nitrogens with one attached hydrogen (secondary N) is 2.